The van der Waals surface area contributed by atoms with E-state index in [0.717, 1.165) is 0 Å². The summed E-state index contributed by atoms with van der Waals surface area (Å²) in [6, 6.07) is 1.82. The van der Waals surface area contributed by atoms with Crippen molar-refractivity contribution < 1.29 is 28.7 Å². The van der Waals surface area contributed by atoms with Crippen LogP contribution in [0.25, 0.3) is 0 Å². The molecule has 0 aliphatic heterocycles. The minimum atomic E-state index is -1.35. The summed E-state index contributed by atoms with van der Waals surface area (Å²) in [5.41, 5.74) is 9.10. The molecule has 0 bridgehead atoms. The second-order valence-corrected chi connectivity index (χ2v) is 6.83. The lowest BCUT2D eigenvalue weighted by molar-refractivity contribution is 0.0633. The number of halogens is 3. The van der Waals surface area contributed by atoms with Gasteiger partial charge in [-0.2, -0.15) is 5.26 Å². The average Bonchev–Trinajstić information content (AvgIpc) is 2.36. The quantitative estimate of drug-likeness (QED) is 0.279. The van der Waals surface area contributed by atoms with Gasteiger partial charge in [0.2, 0.25) is 0 Å². The fourth-order valence-electron chi connectivity index (χ4n) is 1.41. The number of nitriles is 1. The number of esters is 2. The van der Waals surface area contributed by atoms with Crippen molar-refractivity contribution in [2.45, 2.75) is 0 Å². The summed E-state index contributed by atoms with van der Waals surface area (Å²) in [4.78, 5) is 45.5. The van der Waals surface area contributed by atoms with Gasteiger partial charge in [0, 0.05) is 10.7 Å². The zero-order valence-corrected chi connectivity index (χ0v) is 17.2. The van der Waals surface area contributed by atoms with Crippen LogP contribution in [0.3, 0.4) is 0 Å². The Balaban J connectivity index is 3.69. The Hall–Kier alpha value is -1.22. The minimum absolute atomic E-state index is 0.0212. The first-order valence-electron chi connectivity index (χ1n) is 5.25. The summed E-state index contributed by atoms with van der Waals surface area (Å²) in [7, 11) is 0. The second kappa shape index (κ2) is 8.05. The lowest BCUT2D eigenvalue weighted by Gasteiger charge is -2.13. The smallest absolute Gasteiger partial charge is 0.373 e. The fraction of sp³-hybridized carbons (Fsp3) is 0. The van der Waals surface area contributed by atoms with E-state index in [9.17, 15) is 24.4 Å². The molecule has 1 aromatic rings. The summed E-state index contributed by atoms with van der Waals surface area (Å²) in [6.45, 7) is 0. The normalized spacial score (nSPS) is 9.65. The third-order valence-corrected chi connectivity index (χ3v) is 5.46. The number of amides is 2. The summed E-state index contributed by atoms with van der Waals surface area (Å²) >= 11 is 5.01. The van der Waals surface area contributed by atoms with E-state index >= 15 is 0 Å². The van der Waals surface area contributed by atoms with E-state index in [2.05, 4.69) is 9.47 Å². The molecule has 0 heterocycles. The van der Waals surface area contributed by atoms with Gasteiger partial charge in [0.15, 0.2) is 0 Å². The van der Waals surface area contributed by atoms with Crippen LogP contribution in [0.5, 0.6) is 0 Å². The van der Waals surface area contributed by atoms with Crippen molar-refractivity contribution in [1.82, 2.24) is 0 Å². The van der Waals surface area contributed by atoms with Gasteiger partial charge in [-0.1, -0.05) is 0 Å². The molecule has 9 nitrogen and oxygen atoms in total. The van der Waals surface area contributed by atoms with Crippen molar-refractivity contribution in [3.63, 3.8) is 0 Å². The Labute approximate surface area is 169 Å². The number of benzene rings is 1. The van der Waals surface area contributed by atoms with Crippen molar-refractivity contribution >= 4 is 91.9 Å². The first-order valence-corrected chi connectivity index (χ1v) is 8.49. The highest BCUT2D eigenvalue weighted by molar-refractivity contribution is 14.1. The van der Waals surface area contributed by atoms with Gasteiger partial charge < -0.3 is 20.9 Å². The second-order valence-electron chi connectivity index (χ2n) is 3.60. The maximum atomic E-state index is 12.0. The van der Waals surface area contributed by atoms with E-state index in [0.29, 0.717) is 0 Å². The summed E-state index contributed by atoms with van der Waals surface area (Å²) in [5.74, 6) is -2.29. The van der Waals surface area contributed by atoms with Gasteiger partial charge in [0.25, 0.3) is 0 Å². The van der Waals surface area contributed by atoms with Crippen LogP contribution < -0.4 is 11.5 Å². The van der Waals surface area contributed by atoms with Crippen molar-refractivity contribution in [2.24, 2.45) is 11.5 Å². The molecule has 0 aliphatic rings. The SMILES string of the molecule is N#Cc1c(I)c(C(=O)OC(N)=O)c(I)c(C(=O)OC(N)=O)c1I. The molecule has 0 saturated carbocycles. The molecule has 0 unspecified atom stereocenters. The Morgan fingerprint density at radius 3 is 1.43 bits per heavy atom. The van der Waals surface area contributed by atoms with E-state index in [1.54, 1.807) is 67.8 Å². The highest BCUT2D eigenvalue weighted by Gasteiger charge is 2.30. The molecule has 0 spiro atoms. The van der Waals surface area contributed by atoms with Crippen molar-refractivity contribution in [3.05, 3.63) is 27.4 Å². The molecule has 0 fully saturated rings. The van der Waals surface area contributed by atoms with Gasteiger partial charge in [-0.15, -0.1) is 0 Å². The molecular weight excluding hydrogens is 651 g/mol. The van der Waals surface area contributed by atoms with Gasteiger partial charge in [0.05, 0.1) is 16.7 Å². The van der Waals surface area contributed by atoms with Crippen LogP contribution in [-0.4, -0.2) is 24.1 Å². The van der Waals surface area contributed by atoms with Crippen molar-refractivity contribution in [2.75, 3.05) is 0 Å². The molecule has 0 radical (unpaired) electrons. The van der Waals surface area contributed by atoms with Crippen LogP contribution in [0.2, 0.25) is 0 Å². The van der Waals surface area contributed by atoms with Crippen LogP contribution in [0.1, 0.15) is 26.3 Å². The Morgan fingerprint density at radius 2 is 1.17 bits per heavy atom. The molecule has 0 aromatic heterocycles. The molecule has 0 aliphatic carbocycles. The number of nitrogens with two attached hydrogens (primary N) is 2. The first kappa shape index (κ1) is 19.8. The third-order valence-electron chi connectivity index (χ3n) is 2.22. The molecule has 12 heteroatoms. The molecule has 23 heavy (non-hydrogen) atoms. The van der Waals surface area contributed by atoms with E-state index in [1.165, 1.54) is 0 Å². The Morgan fingerprint density at radius 1 is 0.826 bits per heavy atom. The monoisotopic (exact) mass is 655 g/mol. The summed E-state index contributed by atoms with van der Waals surface area (Å²) in [5, 5.41) is 9.22. The molecule has 1 rings (SSSR count). The maximum absolute atomic E-state index is 12.0. The van der Waals surface area contributed by atoms with Crippen LogP contribution in [-0.2, 0) is 9.47 Å². The number of rotatable bonds is 2. The zero-order valence-electron chi connectivity index (χ0n) is 10.7. The average molecular weight is 655 g/mol. The van der Waals surface area contributed by atoms with Crippen LogP contribution in [0.15, 0.2) is 0 Å². The predicted molar refractivity (Wildman–Crippen MR) is 99.3 cm³/mol. The largest absolute Gasteiger partial charge is 0.412 e. The molecule has 120 valence electrons. The van der Waals surface area contributed by atoms with Gasteiger partial charge >= 0.3 is 24.1 Å². The topological polar surface area (TPSA) is 163 Å². The predicted octanol–water partition coefficient (Wildman–Crippen LogP) is 1.84. The van der Waals surface area contributed by atoms with E-state index in [4.69, 9.17) is 11.5 Å². The van der Waals surface area contributed by atoms with Gasteiger partial charge in [0.1, 0.15) is 6.07 Å². The Bertz CT molecular complexity index is 731. The number of hydrogen-bond acceptors (Lipinski definition) is 7. The highest BCUT2D eigenvalue weighted by atomic mass is 127. The molecule has 4 N–H and O–H groups in total. The van der Waals surface area contributed by atoms with E-state index in [1.807, 2.05) is 6.07 Å². The van der Waals surface area contributed by atoms with Gasteiger partial charge in [-0.05, 0) is 67.8 Å². The number of carbonyl (C=O) groups is 4. The summed E-state index contributed by atoms with van der Waals surface area (Å²) < 4.78 is 8.90. The minimum Gasteiger partial charge on any atom is -0.373 e. The van der Waals surface area contributed by atoms with Crippen LogP contribution in [0.4, 0.5) is 9.59 Å². The number of ether oxygens (including phenoxy) is 2. The first-order chi connectivity index (χ1) is 10.6. The number of hydrogen-bond donors (Lipinski definition) is 2. The van der Waals surface area contributed by atoms with E-state index < -0.39 is 24.1 Å². The number of carbonyl (C=O) groups excluding carboxylic acids is 4. The van der Waals surface area contributed by atoms with Crippen LogP contribution in [0, 0.1) is 22.0 Å². The van der Waals surface area contributed by atoms with Gasteiger partial charge in [-0.25, -0.2) is 19.2 Å². The highest BCUT2D eigenvalue weighted by Crippen LogP contribution is 2.32. The third kappa shape index (κ3) is 4.41. The molecule has 0 saturated heterocycles. The van der Waals surface area contributed by atoms with Crippen LogP contribution >= 0.6 is 67.8 Å². The Kier molecular flexibility index (Phi) is 6.94. The standard InChI is InChI=1S/C11H4I3N3O6/c12-5-2(1-15)6(13)4(9(19)23-11(17)21)7(14)3(5)8(18)22-10(16)20/h(H2,16,20)(H2,17,21). The van der Waals surface area contributed by atoms with Crippen molar-refractivity contribution in [3.8, 4) is 6.07 Å². The van der Waals surface area contributed by atoms with Crippen molar-refractivity contribution in [1.29, 1.82) is 5.26 Å². The fourth-order valence-corrected chi connectivity index (χ4v) is 5.69. The maximum Gasteiger partial charge on any atom is 0.412 e. The lowest BCUT2D eigenvalue weighted by Crippen LogP contribution is -2.24. The lowest BCUT2D eigenvalue weighted by atomic mass is 10.1. The van der Waals surface area contributed by atoms with E-state index in [-0.39, 0.29) is 27.4 Å². The molecule has 0 atom stereocenters. The van der Waals surface area contributed by atoms with Gasteiger partial charge in [-0.3, -0.25) is 0 Å². The number of primary amides is 2. The zero-order chi connectivity index (χ0) is 17.9. The molecule has 1 aromatic carbocycles. The summed E-state index contributed by atoms with van der Waals surface area (Å²) in [6.07, 6.45) is -2.69. The number of nitrogens with zero attached hydrogens (tertiary/aromatic N) is 1. The molecule has 2 amide bonds. The molecular formula is C11H4I3N3O6.